The van der Waals surface area contributed by atoms with Crippen LogP contribution in [-0.4, -0.2) is 12.1 Å². The van der Waals surface area contributed by atoms with E-state index in [1.54, 1.807) is 6.07 Å². The van der Waals surface area contributed by atoms with Gasteiger partial charge in [-0.3, -0.25) is 0 Å². The summed E-state index contributed by atoms with van der Waals surface area (Å²) >= 11 is 3.11. The minimum atomic E-state index is -2.76. The fourth-order valence-electron chi connectivity index (χ4n) is 1.08. The van der Waals surface area contributed by atoms with Crippen LogP contribution in [0, 0.1) is 11.3 Å². The molecule has 15 heavy (non-hydrogen) atoms. The number of pyridine rings is 1. The molecular formula is C9H7BrF2N2O. The molecule has 0 atom stereocenters. The lowest BCUT2D eigenvalue weighted by Gasteiger charge is -2.09. The van der Waals surface area contributed by atoms with Gasteiger partial charge in [-0.1, -0.05) is 15.9 Å². The van der Waals surface area contributed by atoms with Gasteiger partial charge in [0.15, 0.2) is 0 Å². The van der Waals surface area contributed by atoms with E-state index in [2.05, 4.69) is 20.9 Å². The van der Waals surface area contributed by atoms with Gasteiger partial charge in [0.2, 0.25) is 0 Å². The second-order valence-corrected chi connectivity index (χ2v) is 3.18. The van der Waals surface area contributed by atoms with Gasteiger partial charge in [-0.25, -0.2) is 13.8 Å². The number of alkyl halides is 3. The van der Waals surface area contributed by atoms with Crippen molar-refractivity contribution in [3.05, 3.63) is 23.0 Å². The summed E-state index contributed by atoms with van der Waals surface area (Å²) in [6.07, 6.45) is -2.76. The number of rotatable bonds is 3. The maximum Gasteiger partial charge on any atom is 0.281 e. The first kappa shape index (κ1) is 11.9. The molecule has 0 aliphatic carbocycles. The fourth-order valence-corrected chi connectivity index (χ4v) is 1.48. The van der Waals surface area contributed by atoms with Gasteiger partial charge in [-0.2, -0.15) is 5.26 Å². The van der Waals surface area contributed by atoms with Crippen LogP contribution in [0.25, 0.3) is 0 Å². The molecule has 0 unspecified atom stereocenters. The molecule has 0 aliphatic heterocycles. The summed E-state index contributed by atoms with van der Waals surface area (Å²) < 4.78 is 29.9. The molecule has 0 saturated heterocycles. The predicted octanol–water partition coefficient (Wildman–Crippen LogP) is 2.79. The van der Waals surface area contributed by atoms with Gasteiger partial charge in [0.25, 0.3) is 6.43 Å². The van der Waals surface area contributed by atoms with Gasteiger partial charge >= 0.3 is 0 Å². The van der Waals surface area contributed by atoms with E-state index in [4.69, 9.17) is 10.00 Å². The van der Waals surface area contributed by atoms with E-state index in [1.165, 1.54) is 13.2 Å². The maximum atomic E-state index is 12.5. The molecule has 0 aromatic carbocycles. The molecule has 1 rings (SSSR count). The summed E-state index contributed by atoms with van der Waals surface area (Å²) in [5.74, 6) is 0.327. The Kier molecular flexibility index (Phi) is 3.97. The molecule has 0 aliphatic rings. The number of methoxy groups -OCH3 is 1. The molecule has 1 aromatic rings. The minimum Gasteiger partial charge on any atom is -0.495 e. The third-order valence-corrected chi connectivity index (χ3v) is 2.30. The van der Waals surface area contributed by atoms with Crippen molar-refractivity contribution in [1.29, 1.82) is 5.26 Å². The van der Waals surface area contributed by atoms with E-state index in [9.17, 15) is 8.78 Å². The van der Waals surface area contributed by atoms with Gasteiger partial charge in [-0.05, 0) is 0 Å². The number of nitriles is 1. The highest BCUT2D eigenvalue weighted by Crippen LogP contribution is 2.27. The second kappa shape index (κ2) is 5.03. The van der Waals surface area contributed by atoms with Crippen molar-refractivity contribution >= 4 is 15.9 Å². The standard InChI is InChI=1S/C9H7BrF2N2O/c1-15-7-2-5(4-13)8(9(11)12)14-6(7)3-10/h2,9H,3H2,1H3. The van der Waals surface area contributed by atoms with Crippen LogP contribution in [0.15, 0.2) is 6.07 Å². The molecule has 1 aromatic heterocycles. The lowest BCUT2D eigenvalue weighted by atomic mass is 10.2. The first-order valence-electron chi connectivity index (χ1n) is 3.96. The largest absolute Gasteiger partial charge is 0.495 e. The maximum absolute atomic E-state index is 12.5. The number of ether oxygens (including phenoxy) is 1. The Morgan fingerprint density at radius 3 is 2.73 bits per heavy atom. The lowest BCUT2D eigenvalue weighted by Crippen LogP contribution is -2.01. The summed E-state index contributed by atoms with van der Waals surface area (Å²) in [6.45, 7) is 0. The Morgan fingerprint density at radius 2 is 2.33 bits per heavy atom. The first-order chi connectivity index (χ1) is 7.13. The Hall–Kier alpha value is -1.22. The van der Waals surface area contributed by atoms with Crippen LogP contribution in [0.3, 0.4) is 0 Å². The van der Waals surface area contributed by atoms with Gasteiger partial charge in [0.1, 0.15) is 17.5 Å². The first-order valence-corrected chi connectivity index (χ1v) is 5.08. The van der Waals surface area contributed by atoms with Crippen LogP contribution in [-0.2, 0) is 5.33 Å². The topological polar surface area (TPSA) is 45.9 Å². The van der Waals surface area contributed by atoms with Crippen LogP contribution >= 0.6 is 15.9 Å². The molecule has 1 heterocycles. The predicted molar refractivity (Wildman–Crippen MR) is 53.1 cm³/mol. The molecule has 0 fully saturated rings. The number of aromatic nitrogens is 1. The fraction of sp³-hybridized carbons (Fsp3) is 0.333. The van der Waals surface area contributed by atoms with Crippen molar-refractivity contribution < 1.29 is 13.5 Å². The van der Waals surface area contributed by atoms with Crippen molar-refractivity contribution in [1.82, 2.24) is 4.98 Å². The molecule has 0 bridgehead atoms. The van der Waals surface area contributed by atoms with Crippen molar-refractivity contribution in [3.63, 3.8) is 0 Å². The zero-order valence-electron chi connectivity index (χ0n) is 7.80. The molecule has 3 nitrogen and oxygen atoms in total. The summed E-state index contributed by atoms with van der Waals surface area (Å²) in [4.78, 5) is 3.69. The Bertz CT molecular complexity index is 404. The SMILES string of the molecule is COc1cc(C#N)c(C(F)F)nc1CBr. The average molecular weight is 277 g/mol. The highest BCUT2D eigenvalue weighted by Gasteiger charge is 2.18. The van der Waals surface area contributed by atoms with Crippen molar-refractivity contribution in [2.24, 2.45) is 0 Å². The quantitative estimate of drug-likeness (QED) is 0.798. The smallest absolute Gasteiger partial charge is 0.281 e. The van der Waals surface area contributed by atoms with Crippen LogP contribution in [0.5, 0.6) is 5.75 Å². The minimum absolute atomic E-state index is 0.161. The zero-order chi connectivity index (χ0) is 11.4. The number of nitrogens with zero attached hydrogens (tertiary/aromatic N) is 2. The zero-order valence-corrected chi connectivity index (χ0v) is 9.38. The Morgan fingerprint density at radius 1 is 1.67 bits per heavy atom. The van der Waals surface area contributed by atoms with E-state index < -0.39 is 12.1 Å². The lowest BCUT2D eigenvalue weighted by molar-refractivity contribution is 0.145. The molecule has 6 heteroatoms. The van der Waals surface area contributed by atoms with Crippen molar-refractivity contribution in [3.8, 4) is 11.8 Å². The highest BCUT2D eigenvalue weighted by atomic mass is 79.9. The Labute approximate surface area is 93.8 Å². The Balaban J connectivity index is 3.36. The molecule has 80 valence electrons. The third-order valence-electron chi connectivity index (χ3n) is 1.76. The van der Waals surface area contributed by atoms with Crippen LogP contribution in [0.1, 0.15) is 23.4 Å². The molecule has 0 saturated carbocycles. The average Bonchev–Trinajstić information content (AvgIpc) is 2.26. The second-order valence-electron chi connectivity index (χ2n) is 2.62. The van der Waals surface area contributed by atoms with Crippen molar-refractivity contribution in [2.75, 3.05) is 7.11 Å². The van der Waals surface area contributed by atoms with E-state index in [1.807, 2.05) is 0 Å². The molecular weight excluding hydrogens is 270 g/mol. The monoisotopic (exact) mass is 276 g/mol. The molecule has 0 amide bonds. The van der Waals surface area contributed by atoms with Gasteiger partial charge in [0, 0.05) is 11.4 Å². The summed E-state index contributed by atoms with van der Waals surface area (Å²) in [7, 11) is 1.40. The summed E-state index contributed by atoms with van der Waals surface area (Å²) in [6, 6.07) is 2.93. The third kappa shape index (κ3) is 2.42. The molecule has 0 spiro atoms. The highest BCUT2D eigenvalue weighted by molar-refractivity contribution is 9.08. The van der Waals surface area contributed by atoms with Gasteiger partial charge < -0.3 is 4.74 Å². The van der Waals surface area contributed by atoms with Crippen LogP contribution < -0.4 is 4.74 Å². The van der Waals surface area contributed by atoms with E-state index in [0.717, 1.165) is 0 Å². The number of halogens is 3. The molecule has 0 radical (unpaired) electrons. The number of hydrogen-bond donors (Lipinski definition) is 0. The van der Waals surface area contributed by atoms with E-state index in [0.29, 0.717) is 16.8 Å². The van der Waals surface area contributed by atoms with Gasteiger partial charge in [-0.15, -0.1) is 0 Å². The summed E-state index contributed by atoms with van der Waals surface area (Å²) in [5, 5.41) is 8.95. The normalized spacial score (nSPS) is 10.1. The van der Waals surface area contributed by atoms with Crippen LogP contribution in [0.2, 0.25) is 0 Å². The van der Waals surface area contributed by atoms with E-state index >= 15 is 0 Å². The molecule has 0 N–H and O–H groups in total. The van der Waals surface area contributed by atoms with Gasteiger partial charge in [0.05, 0.1) is 18.4 Å². The van der Waals surface area contributed by atoms with Crippen LogP contribution in [0.4, 0.5) is 8.78 Å². The number of hydrogen-bond acceptors (Lipinski definition) is 3. The van der Waals surface area contributed by atoms with E-state index in [-0.39, 0.29) is 5.56 Å². The van der Waals surface area contributed by atoms with Crippen molar-refractivity contribution in [2.45, 2.75) is 11.8 Å². The summed E-state index contributed by atoms with van der Waals surface area (Å²) in [5.41, 5.74) is -0.314.